The van der Waals surface area contributed by atoms with Crippen LogP contribution in [0.3, 0.4) is 0 Å². The normalized spacial score (nSPS) is 14.5. The monoisotopic (exact) mass is 1910 g/mol. The van der Waals surface area contributed by atoms with Crippen molar-refractivity contribution in [2.45, 2.75) is 196 Å². The molecule has 4 unspecified atom stereocenters. The van der Waals surface area contributed by atoms with Gasteiger partial charge in [0, 0.05) is 42.8 Å². The smallest absolute Gasteiger partial charge is 0.408 e. The molecular formula is C85H118N16O26S4. The molecule has 16 amide bonds. The molecule has 46 heteroatoms. The Morgan fingerprint density at radius 2 is 0.794 bits per heavy atom. The number of thioether (sulfide) groups is 4. The molecule has 3 aromatic carbocycles. The highest BCUT2D eigenvalue weighted by Gasteiger charge is 2.42. The number of hydrogen-bond acceptors (Lipinski definition) is 28. The minimum atomic E-state index is -2.03. The molecule has 0 bridgehead atoms. The van der Waals surface area contributed by atoms with Crippen LogP contribution in [-0.4, -0.2) is 302 Å². The number of alkyl carbamates (subject to hydrolysis) is 1. The van der Waals surface area contributed by atoms with E-state index >= 15 is 0 Å². The van der Waals surface area contributed by atoms with Crippen LogP contribution in [0.25, 0.3) is 0 Å². The molecule has 0 aliphatic carbocycles. The second-order valence-electron chi connectivity index (χ2n) is 30.5. The fraction of sp³-hybridized carbons (Fsp3) is 0.518. The summed E-state index contributed by atoms with van der Waals surface area (Å²) < 4.78 is 9.07. The number of carboxylic acids is 2. The third-order valence-electron chi connectivity index (χ3n) is 18.8. The summed E-state index contributed by atoms with van der Waals surface area (Å²) in [6.45, 7) is 11.2. The zero-order valence-corrected chi connectivity index (χ0v) is 77.5. The van der Waals surface area contributed by atoms with Crippen LogP contribution in [0, 0.1) is 30.6 Å². The molecular weight excluding hydrogens is 1790 g/mol. The Morgan fingerprint density at radius 3 is 1.20 bits per heavy atom. The number of rotatable bonds is 57. The summed E-state index contributed by atoms with van der Waals surface area (Å²) in [4.78, 5) is 257. The molecule has 0 fully saturated rings. The molecule has 0 saturated carbocycles. The third kappa shape index (κ3) is 40.8. The van der Waals surface area contributed by atoms with Crippen LogP contribution in [-0.2, 0) is 101 Å². The van der Waals surface area contributed by atoms with Gasteiger partial charge in [0.15, 0.2) is 6.04 Å². The first-order valence-corrected chi connectivity index (χ1v) is 45.6. The number of nitrogens with one attached hydrogen (secondary N) is 16. The average molecular weight is 1910 g/mol. The molecule has 0 aromatic heterocycles. The maximum Gasteiger partial charge on any atom is 0.408 e. The molecule has 15 atom stereocenters. The number of esters is 1. The highest BCUT2D eigenvalue weighted by Crippen LogP contribution is 2.48. The summed E-state index contributed by atoms with van der Waals surface area (Å²) in [5.41, 5.74) is 1.26. The molecule has 21 N–H and O–H groups in total. The van der Waals surface area contributed by atoms with E-state index < -0.39 is 264 Å². The number of hydrogen-bond donors (Lipinski definition) is 21. The minimum absolute atomic E-state index is 0.0862. The highest BCUT2D eigenvalue weighted by molar-refractivity contribution is 8.01. The summed E-state index contributed by atoms with van der Waals surface area (Å²) in [6.07, 6.45) is 3.10. The van der Waals surface area contributed by atoms with E-state index in [0.29, 0.717) is 0 Å². The van der Waals surface area contributed by atoms with Crippen molar-refractivity contribution < 1.29 is 126 Å². The fourth-order valence-electron chi connectivity index (χ4n) is 11.8. The number of terminal acetylenes is 2. The lowest BCUT2D eigenvalue weighted by Gasteiger charge is -2.36. The van der Waals surface area contributed by atoms with Crippen molar-refractivity contribution >= 4 is 160 Å². The lowest BCUT2D eigenvalue weighted by Crippen LogP contribution is -2.63. The number of carbonyl (C=O) groups is 19. The first-order chi connectivity index (χ1) is 61.9. The molecule has 0 spiro atoms. The van der Waals surface area contributed by atoms with Crippen LogP contribution in [0.15, 0.2) is 91.0 Å². The number of aliphatic hydroxyl groups is 3. The van der Waals surface area contributed by atoms with E-state index in [1.807, 2.05) is 91.0 Å². The number of methoxy groups -OCH3 is 1. The van der Waals surface area contributed by atoms with Crippen molar-refractivity contribution in [3.05, 3.63) is 108 Å². The first kappa shape index (κ1) is 113. The minimum Gasteiger partial charge on any atom is -0.481 e. The lowest BCUT2D eigenvalue weighted by molar-refractivity contribution is -0.146. The van der Waals surface area contributed by atoms with Crippen LogP contribution in [0.4, 0.5) is 4.79 Å². The first-order valence-electron chi connectivity index (χ1n) is 41.1. The molecule has 0 radical (unpaired) electrons. The molecule has 0 heterocycles. The fourth-order valence-corrected chi connectivity index (χ4v) is 16.0. The SMILES string of the molecule is C#CCNC(=O)CSC[C@H](NC(=O)[C@H](CSCNC(C)=O)NC(=O)CNC(=O)[C@@H](NC(=O)[C@@H](NC(=O)[C@@H](NC(=O)[C@H](CSCC(=O)NCC#C)NC(=O)[C@H](CCC(=O)O)NC(=O)[C@H](C)NC(=O)[C@H](CCC(=O)O)NC(=O)C(CSC(c1ccccc1)(c1ccccc1)c1ccccc1)NC(=O)OC(C)(C)C)C(C)CC)C(C)O)C(C)O)C(=O)N[C@@H](C)C(=O)N[C@@H](CO)C(=O)OC. The predicted molar refractivity (Wildman–Crippen MR) is 486 cm³/mol. The Bertz CT molecular complexity index is 4390. The number of aliphatic carboxylic acids is 2. The number of carboxylic acid groups (broad SMARTS) is 2. The Balaban J connectivity index is 1.95. The van der Waals surface area contributed by atoms with Crippen LogP contribution >= 0.6 is 47.0 Å². The third-order valence-corrected chi connectivity index (χ3v) is 23.5. The van der Waals surface area contributed by atoms with Gasteiger partial charge in [-0.15, -0.1) is 59.9 Å². The number of amides is 16. The van der Waals surface area contributed by atoms with Gasteiger partial charge >= 0.3 is 24.0 Å². The van der Waals surface area contributed by atoms with E-state index in [2.05, 4.69) is 102 Å². The van der Waals surface area contributed by atoms with Crippen molar-refractivity contribution in [3.63, 3.8) is 0 Å². The summed E-state index contributed by atoms with van der Waals surface area (Å²) in [6, 6.07) is 7.34. The number of carbonyl (C=O) groups excluding carboxylic acids is 17. The molecule has 3 rings (SSSR count). The predicted octanol–water partition coefficient (Wildman–Crippen LogP) is -3.41. The number of ether oxygens (including phenoxy) is 2. The van der Waals surface area contributed by atoms with Crippen LogP contribution in [0.2, 0.25) is 0 Å². The van der Waals surface area contributed by atoms with Crippen LogP contribution in [0.1, 0.15) is 118 Å². The van der Waals surface area contributed by atoms with Gasteiger partial charge in [0.1, 0.15) is 72.1 Å². The van der Waals surface area contributed by atoms with Crippen LogP contribution in [0.5, 0.6) is 0 Å². The molecule has 0 saturated heterocycles. The maximum absolute atomic E-state index is 14.8. The zero-order valence-electron chi connectivity index (χ0n) is 74.2. The number of aliphatic hydroxyl groups excluding tert-OH is 3. The summed E-state index contributed by atoms with van der Waals surface area (Å²) >= 11 is 3.73. The van der Waals surface area contributed by atoms with E-state index in [-0.39, 0.29) is 48.4 Å². The van der Waals surface area contributed by atoms with E-state index in [1.54, 1.807) is 27.7 Å². The topological polar surface area (TPSA) is 636 Å². The van der Waals surface area contributed by atoms with E-state index in [0.717, 1.165) is 79.9 Å². The average Bonchev–Trinajstić information content (AvgIpc) is 0.754. The van der Waals surface area contributed by atoms with Crippen molar-refractivity contribution in [2.24, 2.45) is 5.92 Å². The second kappa shape index (κ2) is 58.5. The van der Waals surface area contributed by atoms with Crippen molar-refractivity contribution in [1.82, 2.24) is 85.1 Å². The molecule has 0 aliphatic rings. The summed E-state index contributed by atoms with van der Waals surface area (Å²) in [5.74, 6) is -18.0. The van der Waals surface area contributed by atoms with Gasteiger partial charge in [-0.3, -0.25) is 81.5 Å². The van der Waals surface area contributed by atoms with Gasteiger partial charge in [-0.05, 0) is 83.9 Å². The molecule has 3 aromatic rings. The van der Waals surface area contributed by atoms with E-state index in [9.17, 15) is 117 Å². The van der Waals surface area contributed by atoms with Gasteiger partial charge in [0.05, 0.1) is 67.7 Å². The Hall–Kier alpha value is -12.2. The largest absolute Gasteiger partial charge is 0.481 e. The second-order valence-corrected chi connectivity index (χ2v) is 34.9. The Kier molecular flexibility index (Phi) is 50.4. The van der Waals surface area contributed by atoms with Gasteiger partial charge in [0.2, 0.25) is 88.6 Å². The van der Waals surface area contributed by atoms with Crippen molar-refractivity contribution in [1.29, 1.82) is 0 Å². The standard InChI is InChI=1S/C85H118N16O26S4/c1-14-36-86-64(107)44-128-40-60(75(117)91-49(6)72(114)95-58(39-102)82(124)126-13)97-76(118)59(42-130-46-89-52(9)105)92-63(106)38-88-79(121)69(50(7)103)100-81(123)70(51(8)104)101-80(122)68(47(4)16-3)99-78(120)61(41-129-45-65(108)87-37-15-2)96-74(116)57(33-35-67(111)112)93-71(113)48(5)90-73(115)56(32-34-66(109)110)94-77(119)62(98-83(125)127-84(10,11)12)43-131-85(53-26-20-17-21-27-53,54-28-22-18-23-29-54)55-30-24-19-25-31-55/h1-2,17-31,47-51,56-62,68-70,102-104H,16,32-46H2,3-13H3,(H,86,107)(H,87,108)(H,88,121)(H,89,105)(H,90,115)(H,91,117)(H,92,106)(H,93,113)(H,94,119)(H,95,114)(H,96,116)(H,97,118)(H,98,125)(H,99,120)(H,100,123)(H,101,122)(H,109,110)(H,111,112)/t47?,48-,49-,50?,51?,56-,57-,58-,59-,60-,61-,62?,68-,69-,70-/m0/s1. The lowest BCUT2D eigenvalue weighted by atomic mass is 9.84. The Labute approximate surface area is 775 Å². The molecule has 718 valence electrons. The van der Waals surface area contributed by atoms with Gasteiger partial charge in [-0.2, -0.15) is 0 Å². The molecule has 42 nitrogen and oxygen atoms in total. The highest BCUT2D eigenvalue weighted by atomic mass is 32.2. The quantitative estimate of drug-likeness (QED) is 0.00861. The summed E-state index contributed by atoms with van der Waals surface area (Å²) in [7, 11) is 0.999. The Morgan fingerprint density at radius 1 is 0.427 bits per heavy atom. The number of benzene rings is 3. The van der Waals surface area contributed by atoms with Gasteiger partial charge < -0.3 is 120 Å². The van der Waals surface area contributed by atoms with Gasteiger partial charge in [0.25, 0.3) is 0 Å². The van der Waals surface area contributed by atoms with Crippen molar-refractivity contribution in [2.75, 3.05) is 73.7 Å². The van der Waals surface area contributed by atoms with Crippen molar-refractivity contribution in [3.8, 4) is 24.7 Å². The van der Waals surface area contributed by atoms with Crippen LogP contribution < -0.4 is 85.1 Å². The molecule has 0 aliphatic heterocycles. The van der Waals surface area contributed by atoms with E-state index in [1.165, 1.54) is 32.5 Å². The summed E-state index contributed by atoms with van der Waals surface area (Å²) in [5, 5.41) is 89.6. The molecule has 131 heavy (non-hydrogen) atoms. The van der Waals surface area contributed by atoms with E-state index in [4.69, 9.17) is 17.6 Å². The van der Waals surface area contributed by atoms with Gasteiger partial charge in [-0.1, -0.05) is 123 Å². The maximum atomic E-state index is 14.8. The van der Waals surface area contributed by atoms with Gasteiger partial charge in [-0.25, -0.2) is 9.59 Å². The zero-order chi connectivity index (χ0) is 98.3.